The molecule has 0 amide bonds. The summed E-state index contributed by atoms with van der Waals surface area (Å²) in [5.74, 6) is 0. The van der Waals surface area contributed by atoms with Crippen molar-refractivity contribution in [1.82, 2.24) is 4.98 Å². The average Bonchev–Trinajstić information content (AvgIpc) is 2.76. The standard InChI is InChI=1S/C12H6N2O.2ClH/c13-4-8-1-2-12-10(3-8)11-6-14-5-9(11)7-15-12;;/h1-3,5-7H;2*1H. The molecule has 0 N–H and O–H groups in total. The third-order valence-electron chi connectivity index (χ3n) is 2.44. The number of hydrogen-bond acceptors (Lipinski definition) is 3. The summed E-state index contributed by atoms with van der Waals surface area (Å²) >= 11 is 0. The molecule has 0 radical (unpaired) electrons. The normalized spacial score (nSPS) is 9.35. The molecule has 0 spiro atoms. The van der Waals surface area contributed by atoms with E-state index in [0.717, 1.165) is 22.1 Å². The largest absolute Gasteiger partial charge is 0.464 e. The molecule has 0 atom stereocenters. The maximum Gasteiger partial charge on any atom is 0.134 e. The Labute approximate surface area is 110 Å². The Balaban J connectivity index is 0.000000722. The summed E-state index contributed by atoms with van der Waals surface area (Å²) in [6.07, 6.45) is 5.21. The van der Waals surface area contributed by atoms with Gasteiger partial charge in [-0.3, -0.25) is 4.98 Å². The lowest BCUT2D eigenvalue weighted by Crippen LogP contribution is -1.80. The fourth-order valence-electron chi connectivity index (χ4n) is 1.69. The summed E-state index contributed by atoms with van der Waals surface area (Å²) in [5, 5.41) is 9.76. The minimum atomic E-state index is 0. The van der Waals surface area contributed by atoms with Crippen LogP contribution < -0.4 is 0 Å². The van der Waals surface area contributed by atoms with Gasteiger partial charge in [0.05, 0.1) is 11.6 Å². The van der Waals surface area contributed by atoms with E-state index in [1.165, 1.54) is 0 Å². The Hall–Kier alpha value is -1.76. The molecule has 0 fully saturated rings. The van der Waals surface area contributed by atoms with Crippen molar-refractivity contribution in [3.63, 3.8) is 0 Å². The molecule has 17 heavy (non-hydrogen) atoms. The van der Waals surface area contributed by atoms with Crippen LogP contribution in [0.1, 0.15) is 5.56 Å². The number of benzene rings is 1. The van der Waals surface area contributed by atoms with Crippen molar-refractivity contribution in [2.75, 3.05) is 0 Å². The zero-order valence-electron chi connectivity index (χ0n) is 8.58. The molecule has 3 rings (SSSR count). The lowest BCUT2D eigenvalue weighted by molar-refractivity contribution is 0.606. The minimum absolute atomic E-state index is 0. The van der Waals surface area contributed by atoms with E-state index < -0.39 is 0 Å². The van der Waals surface area contributed by atoms with Crippen LogP contribution in [0.5, 0.6) is 0 Å². The van der Waals surface area contributed by atoms with Crippen LogP contribution in [0.15, 0.2) is 41.3 Å². The maximum absolute atomic E-state index is 8.82. The minimum Gasteiger partial charge on any atom is -0.464 e. The highest BCUT2D eigenvalue weighted by Crippen LogP contribution is 2.30. The summed E-state index contributed by atoms with van der Waals surface area (Å²) in [5.41, 5.74) is 3.38. The van der Waals surface area contributed by atoms with Crippen LogP contribution in [0.4, 0.5) is 0 Å². The van der Waals surface area contributed by atoms with Crippen molar-refractivity contribution < 1.29 is 4.42 Å². The van der Waals surface area contributed by atoms with E-state index in [0.29, 0.717) is 5.56 Å². The SMILES string of the molecule is Cl.Cl.N#Cc1ccc2occ3cncc-3c2c1. The molecule has 0 aliphatic carbocycles. The second kappa shape index (κ2) is 5.05. The van der Waals surface area contributed by atoms with Gasteiger partial charge in [-0.25, -0.2) is 0 Å². The van der Waals surface area contributed by atoms with Gasteiger partial charge in [0.2, 0.25) is 0 Å². The number of fused-ring (bicyclic) bond motifs is 3. The van der Waals surface area contributed by atoms with Crippen LogP contribution in [-0.2, 0) is 0 Å². The summed E-state index contributed by atoms with van der Waals surface area (Å²) in [7, 11) is 0. The maximum atomic E-state index is 8.82. The van der Waals surface area contributed by atoms with Gasteiger partial charge < -0.3 is 4.42 Å². The first-order valence-electron chi connectivity index (χ1n) is 4.53. The van der Waals surface area contributed by atoms with Gasteiger partial charge in [-0.05, 0) is 18.2 Å². The van der Waals surface area contributed by atoms with Gasteiger partial charge in [0.25, 0.3) is 0 Å². The van der Waals surface area contributed by atoms with E-state index >= 15 is 0 Å². The molecule has 1 aromatic carbocycles. The highest BCUT2D eigenvalue weighted by molar-refractivity contribution is 5.94. The molecular weight excluding hydrogens is 259 g/mol. The number of rotatable bonds is 0. The first kappa shape index (κ1) is 13.3. The zero-order valence-corrected chi connectivity index (χ0v) is 10.2. The molecule has 0 unspecified atom stereocenters. The molecule has 2 aliphatic rings. The van der Waals surface area contributed by atoms with Gasteiger partial charge in [0, 0.05) is 28.9 Å². The van der Waals surface area contributed by atoms with Crippen LogP contribution in [0.25, 0.3) is 22.1 Å². The summed E-state index contributed by atoms with van der Waals surface area (Å²) in [6.45, 7) is 0. The average molecular weight is 267 g/mol. The number of nitriles is 1. The molecular formula is C12H8Cl2N2O. The van der Waals surface area contributed by atoms with Crippen LogP contribution in [-0.4, -0.2) is 4.98 Å². The third-order valence-corrected chi connectivity index (χ3v) is 2.44. The second-order valence-corrected chi connectivity index (χ2v) is 3.33. The van der Waals surface area contributed by atoms with Gasteiger partial charge in [0.1, 0.15) is 11.8 Å². The van der Waals surface area contributed by atoms with Crippen molar-refractivity contribution in [2.24, 2.45) is 0 Å². The van der Waals surface area contributed by atoms with Crippen LogP contribution >= 0.6 is 24.8 Å². The number of nitrogens with zero attached hydrogens (tertiary/aromatic N) is 2. The quantitative estimate of drug-likeness (QED) is 0.624. The van der Waals surface area contributed by atoms with E-state index in [2.05, 4.69) is 11.1 Å². The van der Waals surface area contributed by atoms with Gasteiger partial charge in [-0.15, -0.1) is 24.8 Å². The molecule has 3 nitrogen and oxygen atoms in total. The Bertz CT molecular complexity index is 657. The van der Waals surface area contributed by atoms with Crippen molar-refractivity contribution in [2.45, 2.75) is 0 Å². The number of hydrogen-bond donors (Lipinski definition) is 0. The van der Waals surface area contributed by atoms with Crippen LogP contribution in [0, 0.1) is 11.3 Å². The highest BCUT2D eigenvalue weighted by Gasteiger charge is 2.09. The van der Waals surface area contributed by atoms with Gasteiger partial charge in [-0.1, -0.05) is 0 Å². The third kappa shape index (κ3) is 2.05. The topological polar surface area (TPSA) is 49.8 Å². The first-order chi connectivity index (χ1) is 7.38. The first-order valence-corrected chi connectivity index (χ1v) is 4.53. The predicted molar refractivity (Wildman–Crippen MR) is 69.8 cm³/mol. The molecule has 0 bridgehead atoms. The monoisotopic (exact) mass is 266 g/mol. The van der Waals surface area contributed by atoms with E-state index in [-0.39, 0.29) is 24.8 Å². The summed E-state index contributed by atoms with van der Waals surface area (Å²) < 4.78 is 5.43. The van der Waals surface area contributed by atoms with E-state index in [9.17, 15) is 0 Å². The van der Waals surface area contributed by atoms with E-state index in [1.807, 2.05) is 6.07 Å². The lowest BCUT2D eigenvalue weighted by Gasteiger charge is -2.02. The number of halogens is 2. The fourth-order valence-corrected chi connectivity index (χ4v) is 1.69. The van der Waals surface area contributed by atoms with Crippen molar-refractivity contribution in [1.29, 1.82) is 5.26 Å². The van der Waals surface area contributed by atoms with Crippen molar-refractivity contribution >= 4 is 35.8 Å². The Kier molecular flexibility index (Phi) is 3.95. The zero-order chi connectivity index (χ0) is 10.3. The summed E-state index contributed by atoms with van der Waals surface area (Å²) in [4.78, 5) is 4.06. The molecule has 0 saturated carbocycles. The van der Waals surface area contributed by atoms with Gasteiger partial charge >= 0.3 is 0 Å². The Morgan fingerprint density at radius 1 is 1.18 bits per heavy atom. The smallest absolute Gasteiger partial charge is 0.134 e. The Morgan fingerprint density at radius 3 is 2.76 bits per heavy atom. The molecule has 5 heteroatoms. The fraction of sp³-hybridized carbons (Fsp3) is 0. The molecule has 1 aromatic rings. The van der Waals surface area contributed by atoms with Crippen LogP contribution in [0.3, 0.4) is 0 Å². The molecule has 2 aliphatic heterocycles. The molecule has 0 aromatic heterocycles. The Morgan fingerprint density at radius 2 is 2.00 bits per heavy atom. The second-order valence-electron chi connectivity index (χ2n) is 3.33. The predicted octanol–water partition coefficient (Wildman–Crippen LogP) is 3.65. The highest BCUT2D eigenvalue weighted by atomic mass is 35.5. The van der Waals surface area contributed by atoms with Gasteiger partial charge in [-0.2, -0.15) is 5.26 Å². The van der Waals surface area contributed by atoms with Crippen molar-refractivity contribution in [3.05, 3.63) is 42.4 Å². The van der Waals surface area contributed by atoms with Gasteiger partial charge in [0.15, 0.2) is 0 Å². The van der Waals surface area contributed by atoms with Crippen molar-refractivity contribution in [3.8, 4) is 17.2 Å². The van der Waals surface area contributed by atoms with Crippen LogP contribution in [0.2, 0.25) is 0 Å². The lowest BCUT2D eigenvalue weighted by atomic mass is 10.1. The number of aromatic nitrogens is 1. The van der Waals surface area contributed by atoms with E-state index in [4.69, 9.17) is 9.68 Å². The molecule has 86 valence electrons. The summed E-state index contributed by atoms with van der Waals surface area (Å²) in [6, 6.07) is 7.49. The molecule has 2 heterocycles. The van der Waals surface area contributed by atoms with E-state index in [1.54, 1.807) is 30.8 Å². The molecule has 0 saturated heterocycles.